The number of hydrogen-bond donors (Lipinski definition) is 2. The molecular formula is C9H12N2O2. The number of nitrogens with zero attached hydrogens (tertiary/aromatic N) is 1. The quantitative estimate of drug-likeness (QED) is 0.646. The fraction of sp³-hybridized carbons (Fsp3) is 0.222. The van der Waals surface area contributed by atoms with Crippen molar-refractivity contribution in [2.75, 3.05) is 17.7 Å². The molecule has 0 aliphatic carbocycles. The average Bonchev–Trinajstić information content (AvgIpc) is 2.08. The van der Waals surface area contributed by atoms with Gasteiger partial charge in [0.15, 0.2) is 0 Å². The van der Waals surface area contributed by atoms with E-state index in [4.69, 9.17) is 10.8 Å². The molecule has 0 aromatic heterocycles. The zero-order valence-electron chi connectivity index (χ0n) is 7.61. The van der Waals surface area contributed by atoms with E-state index < -0.39 is 6.09 Å². The second kappa shape index (κ2) is 3.35. The lowest BCUT2D eigenvalue weighted by Gasteiger charge is -2.14. The van der Waals surface area contributed by atoms with E-state index in [1.807, 2.05) is 6.92 Å². The minimum Gasteiger partial charge on any atom is -0.465 e. The maximum absolute atomic E-state index is 10.6. The lowest BCUT2D eigenvalue weighted by molar-refractivity contribution is 0.203. The Morgan fingerprint density at radius 3 is 2.62 bits per heavy atom. The number of hydrogen-bond acceptors (Lipinski definition) is 2. The van der Waals surface area contributed by atoms with Crippen LogP contribution in [0.15, 0.2) is 18.2 Å². The third-order valence-corrected chi connectivity index (χ3v) is 1.93. The van der Waals surface area contributed by atoms with Gasteiger partial charge in [0.2, 0.25) is 0 Å². The van der Waals surface area contributed by atoms with Crippen LogP contribution in [0.4, 0.5) is 16.2 Å². The highest BCUT2D eigenvalue weighted by atomic mass is 16.4. The van der Waals surface area contributed by atoms with Gasteiger partial charge in [0, 0.05) is 18.4 Å². The van der Waals surface area contributed by atoms with Crippen molar-refractivity contribution in [2.45, 2.75) is 6.92 Å². The maximum Gasteiger partial charge on any atom is 0.411 e. The normalized spacial score (nSPS) is 9.69. The van der Waals surface area contributed by atoms with Crippen LogP contribution in [-0.2, 0) is 0 Å². The first-order valence-electron chi connectivity index (χ1n) is 3.85. The summed E-state index contributed by atoms with van der Waals surface area (Å²) in [6, 6.07) is 5.12. The van der Waals surface area contributed by atoms with Crippen LogP contribution in [-0.4, -0.2) is 18.2 Å². The molecule has 4 heteroatoms. The van der Waals surface area contributed by atoms with Crippen LogP contribution >= 0.6 is 0 Å². The van der Waals surface area contributed by atoms with E-state index in [0.29, 0.717) is 11.4 Å². The van der Waals surface area contributed by atoms with E-state index >= 15 is 0 Å². The van der Waals surface area contributed by atoms with Gasteiger partial charge in [-0.15, -0.1) is 0 Å². The zero-order chi connectivity index (χ0) is 10.0. The molecule has 1 rings (SSSR count). The molecule has 13 heavy (non-hydrogen) atoms. The molecule has 0 fully saturated rings. The maximum atomic E-state index is 10.6. The summed E-state index contributed by atoms with van der Waals surface area (Å²) in [6.45, 7) is 1.84. The van der Waals surface area contributed by atoms with Crippen molar-refractivity contribution in [1.29, 1.82) is 0 Å². The number of rotatable bonds is 1. The molecule has 1 aromatic rings. The summed E-state index contributed by atoms with van der Waals surface area (Å²) in [5.74, 6) is 0. The van der Waals surface area contributed by atoms with Crippen LogP contribution in [0.3, 0.4) is 0 Å². The molecule has 0 radical (unpaired) electrons. The van der Waals surface area contributed by atoms with Crippen molar-refractivity contribution >= 4 is 17.5 Å². The molecule has 0 unspecified atom stereocenters. The highest BCUT2D eigenvalue weighted by Gasteiger charge is 2.08. The van der Waals surface area contributed by atoms with Gasteiger partial charge in [-0.3, -0.25) is 4.90 Å². The molecule has 0 bridgehead atoms. The topological polar surface area (TPSA) is 66.6 Å². The first-order chi connectivity index (χ1) is 6.02. The second-order valence-corrected chi connectivity index (χ2v) is 2.88. The van der Waals surface area contributed by atoms with E-state index in [-0.39, 0.29) is 0 Å². The Bertz CT molecular complexity index is 336. The number of carbonyl (C=O) groups is 1. The Morgan fingerprint density at radius 1 is 1.54 bits per heavy atom. The number of amides is 1. The fourth-order valence-electron chi connectivity index (χ4n) is 0.979. The van der Waals surface area contributed by atoms with Gasteiger partial charge in [0.05, 0.1) is 0 Å². The van der Waals surface area contributed by atoms with Crippen LogP contribution in [0.5, 0.6) is 0 Å². The summed E-state index contributed by atoms with van der Waals surface area (Å²) in [5, 5.41) is 8.69. The van der Waals surface area contributed by atoms with Crippen molar-refractivity contribution in [2.24, 2.45) is 0 Å². The van der Waals surface area contributed by atoms with Crippen LogP contribution in [0.1, 0.15) is 5.56 Å². The van der Waals surface area contributed by atoms with Gasteiger partial charge in [-0.2, -0.15) is 0 Å². The molecular weight excluding hydrogens is 168 g/mol. The predicted molar refractivity (Wildman–Crippen MR) is 52.0 cm³/mol. The van der Waals surface area contributed by atoms with Crippen LogP contribution in [0, 0.1) is 6.92 Å². The molecule has 1 aromatic carbocycles. The third-order valence-electron chi connectivity index (χ3n) is 1.93. The first-order valence-corrected chi connectivity index (χ1v) is 3.85. The minimum atomic E-state index is -0.982. The number of benzene rings is 1. The zero-order valence-corrected chi connectivity index (χ0v) is 7.61. The largest absolute Gasteiger partial charge is 0.465 e. The molecule has 4 nitrogen and oxygen atoms in total. The highest BCUT2D eigenvalue weighted by Crippen LogP contribution is 2.19. The van der Waals surface area contributed by atoms with Crippen molar-refractivity contribution in [1.82, 2.24) is 0 Å². The Labute approximate surface area is 76.6 Å². The molecule has 0 saturated heterocycles. The van der Waals surface area contributed by atoms with E-state index in [2.05, 4.69) is 0 Å². The number of nitrogens with two attached hydrogens (primary N) is 1. The van der Waals surface area contributed by atoms with E-state index in [0.717, 1.165) is 10.5 Å². The summed E-state index contributed by atoms with van der Waals surface area (Å²) in [7, 11) is 1.49. The highest BCUT2D eigenvalue weighted by molar-refractivity contribution is 5.85. The standard InChI is InChI=1S/C9H12N2O2/c1-6-5-7(3-4-8(6)10)11(2)9(12)13/h3-5H,10H2,1-2H3,(H,12,13). The summed E-state index contributed by atoms with van der Waals surface area (Å²) in [6.07, 6.45) is -0.982. The summed E-state index contributed by atoms with van der Waals surface area (Å²) in [5.41, 5.74) is 7.77. The molecule has 0 heterocycles. The lowest BCUT2D eigenvalue weighted by Crippen LogP contribution is -2.23. The molecule has 0 saturated carbocycles. The monoisotopic (exact) mass is 180 g/mol. The average molecular weight is 180 g/mol. The molecule has 0 aliphatic heterocycles. The van der Waals surface area contributed by atoms with Crippen LogP contribution < -0.4 is 10.6 Å². The summed E-state index contributed by atoms with van der Waals surface area (Å²) >= 11 is 0. The van der Waals surface area contributed by atoms with Crippen LogP contribution in [0.2, 0.25) is 0 Å². The summed E-state index contributed by atoms with van der Waals surface area (Å²) < 4.78 is 0. The predicted octanol–water partition coefficient (Wildman–Crippen LogP) is 1.69. The van der Waals surface area contributed by atoms with Crippen molar-refractivity contribution in [3.63, 3.8) is 0 Å². The van der Waals surface area contributed by atoms with Gasteiger partial charge in [0.1, 0.15) is 0 Å². The molecule has 0 atom stereocenters. The van der Waals surface area contributed by atoms with Gasteiger partial charge >= 0.3 is 6.09 Å². The van der Waals surface area contributed by atoms with Crippen LogP contribution in [0.25, 0.3) is 0 Å². The SMILES string of the molecule is Cc1cc(N(C)C(=O)O)ccc1N. The number of aryl methyl sites for hydroxylation is 1. The van der Waals surface area contributed by atoms with E-state index in [9.17, 15) is 4.79 Å². The van der Waals surface area contributed by atoms with Gasteiger partial charge in [-0.05, 0) is 30.7 Å². The van der Waals surface area contributed by atoms with Gasteiger partial charge in [-0.25, -0.2) is 4.79 Å². The Morgan fingerprint density at radius 2 is 2.15 bits per heavy atom. The number of nitrogen functional groups attached to an aromatic ring is 1. The summed E-state index contributed by atoms with van der Waals surface area (Å²) in [4.78, 5) is 11.7. The molecule has 70 valence electrons. The van der Waals surface area contributed by atoms with E-state index in [1.165, 1.54) is 7.05 Å². The number of carboxylic acid groups (broad SMARTS) is 1. The Balaban J connectivity index is 3.03. The van der Waals surface area contributed by atoms with Gasteiger partial charge < -0.3 is 10.8 Å². The molecule has 3 N–H and O–H groups in total. The first kappa shape index (κ1) is 9.38. The third kappa shape index (κ3) is 1.90. The van der Waals surface area contributed by atoms with Crippen molar-refractivity contribution in [3.05, 3.63) is 23.8 Å². The molecule has 1 amide bonds. The second-order valence-electron chi connectivity index (χ2n) is 2.88. The molecule has 0 aliphatic rings. The van der Waals surface area contributed by atoms with Crippen molar-refractivity contribution in [3.8, 4) is 0 Å². The van der Waals surface area contributed by atoms with Gasteiger partial charge in [0.25, 0.3) is 0 Å². The Hall–Kier alpha value is -1.71. The smallest absolute Gasteiger partial charge is 0.411 e. The minimum absolute atomic E-state index is 0.624. The molecule has 0 spiro atoms. The Kier molecular flexibility index (Phi) is 2.41. The van der Waals surface area contributed by atoms with Gasteiger partial charge in [-0.1, -0.05) is 0 Å². The fourth-order valence-corrected chi connectivity index (χ4v) is 0.979. The van der Waals surface area contributed by atoms with Crippen molar-refractivity contribution < 1.29 is 9.90 Å². The number of anilines is 2. The lowest BCUT2D eigenvalue weighted by atomic mass is 10.2. The van der Waals surface area contributed by atoms with E-state index in [1.54, 1.807) is 18.2 Å².